The van der Waals surface area contributed by atoms with E-state index in [0.29, 0.717) is 12.3 Å². The summed E-state index contributed by atoms with van der Waals surface area (Å²) in [5.74, 6) is 1.47. The third-order valence-corrected chi connectivity index (χ3v) is 3.50. The number of nitrogens with one attached hydrogen (secondary N) is 1. The van der Waals surface area contributed by atoms with Crippen molar-refractivity contribution >= 4 is 11.6 Å². The summed E-state index contributed by atoms with van der Waals surface area (Å²) in [5, 5.41) is 3.11. The highest BCUT2D eigenvalue weighted by molar-refractivity contribution is 5.80. The van der Waals surface area contributed by atoms with E-state index in [4.69, 9.17) is 9.47 Å². The number of likely N-dealkylation sites (N-methyl/N-ethyl adjacent to an activating group) is 1. The van der Waals surface area contributed by atoms with Gasteiger partial charge in [-0.15, -0.1) is 0 Å². The highest BCUT2D eigenvalue weighted by atomic mass is 16.7. The number of anilines is 1. The molecule has 2 aromatic carbocycles. The molecule has 2 aromatic rings. The first-order valence-electron chi connectivity index (χ1n) is 7.14. The third kappa shape index (κ3) is 3.31. The van der Waals surface area contributed by atoms with Crippen LogP contribution in [0.3, 0.4) is 0 Å². The van der Waals surface area contributed by atoms with Gasteiger partial charge in [0, 0.05) is 25.3 Å². The molecule has 0 bridgehead atoms. The maximum Gasteiger partial charge on any atom is 0.241 e. The van der Waals surface area contributed by atoms with Crippen LogP contribution in [0, 0.1) is 0 Å². The molecule has 1 heterocycles. The lowest BCUT2D eigenvalue weighted by atomic mass is 10.2. The number of benzene rings is 2. The van der Waals surface area contributed by atoms with Gasteiger partial charge in [-0.3, -0.25) is 4.79 Å². The average molecular weight is 298 g/mol. The van der Waals surface area contributed by atoms with Crippen LogP contribution in [0.5, 0.6) is 11.5 Å². The van der Waals surface area contributed by atoms with Crippen LogP contribution in [-0.4, -0.2) is 31.2 Å². The molecule has 0 atom stereocenters. The Morgan fingerprint density at radius 3 is 2.73 bits per heavy atom. The summed E-state index contributed by atoms with van der Waals surface area (Å²) in [6.07, 6.45) is 0. The van der Waals surface area contributed by atoms with Crippen LogP contribution in [0.25, 0.3) is 0 Å². The molecule has 0 aromatic heterocycles. The minimum atomic E-state index is 0.0292. The molecule has 0 aliphatic carbocycles. The van der Waals surface area contributed by atoms with Gasteiger partial charge in [-0.2, -0.15) is 0 Å². The number of nitrogens with zero attached hydrogens (tertiary/aromatic N) is 1. The smallest absolute Gasteiger partial charge is 0.241 e. The minimum Gasteiger partial charge on any atom is -0.454 e. The first kappa shape index (κ1) is 14.3. The second-order valence-corrected chi connectivity index (χ2v) is 5.16. The van der Waals surface area contributed by atoms with Crippen LogP contribution >= 0.6 is 0 Å². The second-order valence-electron chi connectivity index (χ2n) is 5.16. The second kappa shape index (κ2) is 6.39. The van der Waals surface area contributed by atoms with Gasteiger partial charge in [0.15, 0.2) is 11.5 Å². The fourth-order valence-corrected chi connectivity index (χ4v) is 2.26. The number of carbonyl (C=O) groups excluding carboxylic acids is 1. The van der Waals surface area contributed by atoms with Gasteiger partial charge in [0.05, 0.1) is 6.54 Å². The molecule has 0 radical (unpaired) electrons. The normalized spacial score (nSPS) is 12.0. The van der Waals surface area contributed by atoms with Gasteiger partial charge in [-0.1, -0.05) is 30.3 Å². The van der Waals surface area contributed by atoms with Crippen molar-refractivity contribution in [3.05, 3.63) is 54.1 Å². The number of carbonyl (C=O) groups is 1. The molecular formula is C17H18N2O3. The molecule has 1 aliphatic rings. The standard InChI is InChI=1S/C17H18N2O3/c1-19(11-13-5-3-2-4-6-13)17(20)10-18-14-7-8-15-16(9-14)22-12-21-15/h2-9,18H,10-12H2,1H3. The van der Waals surface area contributed by atoms with E-state index in [1.807, 2.05) is 48.5 Å². The molecule has 5 heteroatoms. The molecule has 1 N–H and O–H groups in total. The number of hydrogen-bond donors (Lipinski definition) is 1. The van der Waals surface area contributed by atoms with Crippen molar-refractivity contribution in [1.29, 1.82) is 0 Å². The monoisotopic (exact) mass is 298 g/mol. The van der Waals surface area contributed by atoms with Crippen LogP contribution in [0.2, 0.25) is 0 Å². The van der Waals surface area contributed by atoms with Gasteiger partial charge < -0.3 is 19.7 Å². The Morgan fingerprint density at radius 1 is 1.14 bits per heavy atom. The highest BCUT2D eigenvalue weighted by Gasteiger charge is 2.14. The fraction of sp³-hybridized carbons (Fsp3) is 0.235. The zero-order chi connectivity index (χ0) is 15.4. The zero-order valence-corrected chi connectivity index (χ0v) is 12.4. The van der Waals surface area contributed by atoms with E-state index in [-0.39, 0.29) is 19.2 Å². The lowest BCUT2D eigenvalue weighted by molar-refractivity contribution is -0.128. The molecule has 1 aliphatic heterocycles. The predicted molar refractivity (Wildman–Crippen MR) is 84.0 cm³/mol. The van der Waals surface area contributed by atoms with Crippen molar-refractivity contribution in [2.75, 3.05) is 25.7 Å². The summed E-state index contributed by atoms with van der Waals surface area (Å²) in [7, 11) is 1.80. The first-order valence-corrected chi connectivity index (χ1v) is 7.14. The predicted octanol–water partition coefficient (Wildman–Crippen LogP) is 2.49. The molecule has 0 unspecified atom stereocenters. The van der Waals surface area contributed by atoms with Gasteiger partial charge in [0.1, 0.15) is 0 Å². The Kier molecular flexibility index (Phi) is 4.14. The summed E-state index contributed by atoms with van der Waals surface area (Å²) >= 11 is 0. The van der Waals surface area contributed by atoms with E-state index in [9.17, 15) is 4.79 Å². The van der Waals surface area contributed by atoms with Gasteiger partial charge in [-0.25, -0.2) is 0 Å². The third-order valence-electron chi connectivity index (χ3n) is 3.50. The Bertz CT molecular complexity index is 658. The van der Waals surface area contributed by atoms with Gasteiger partial charge >= 0.3 is 0 Å². The van der Waals surface area contributed by atoms with Crippen molar-refractivity contribution in [3.8, 4) is 11.5 Å². The van der Waals surface area contributed by atoms with Crippen molar-refractivity contribution in [2.24, 2.45) is 0 Å². The molecule has 0 saturated carbocycles. The summed E-state index contributed by atoms with van der Waals surface area (Å²) in [4.78, 5) is 13.9. The van der Waals surface area contributed by atoms with E-state index in [2.05, 4.69) is 5.32 Å². The van der Waals surface area contributed by atoms with Crippen molar-refractivity contribution in [1.82, 2.24) is 4.90 Å². The molecule has 0 spiro atoms. The largest absolute Gasteiger partial charge is 0.454 e. The van der Waals surface area contributed by atoms with E-state index >= 15 is 0 Å². The van der Waals surface area contributed by atoms with Gasteiger partial charge in [0.25, 0.3) is 0 Å². The number of amides is 1. The number of rotatable bonds is 5. The quantitative estimate of drug-likeness (QED) is 0.921. The molecule has 114 valence electrons. The van der Waals surface area contributed by atoms with Crippen LogP contribution in [-0.2, 0) is 11.3 Å². The van der Waals surface area contributed by atoms with E-state index < -0.39 is 0 Å². The summed E-state index contributed by atoms with van der Waals surface area (Å²) < 4.78 is 10.6. The SMILES string of the molecule is CN(Cc1ccccc1)C(=O)CNc1ccc2c(c1)OCO2. The Morgan fingerprint density at radius 2 is 1.91 bits per heavy atom. The Balaban J connectivity index is 1.53. The topological polar surface area (TPSA) is 50.8 Å². The lowest BCUT2D eigenvalue weighted by Crippen LogP contribution is -2.31. The van der Waals surface area contributed by atoms with E-state index in [0.717, 1.165) is 17.0 Å². The molecule has 22 heavy (non-hydrogen) atoms. The highest BCUT2D eigenvalue weighted by Crippen LogP contribution is 2.34. The fourth-order valence-electron chi connectivity index (χ4n) is 2.26. The molecule has 5 nitrogen and oxygen atoms in total. The van der Waals surface area contributed by atoms with E-state index in [1.165, 1.54) is 0 Å². The summed E-state index contributed by atoms with van der Waals surface area (Å²) in [6.45, 7) is 1.09. The molecular weight excluding hydrogens is 280 g/mol. The van der Waals surface area contributed by atoms with Crippen molar-refractivity contribution in [3.63, 3.8) is 0 Å². The molecule has 1 amide bonds. The zero-order valence-electron chi connectivity index (χ0n) is 12.4. The molecule has 0 fully saturated rings. The van der Waals surface area contributed by atoms with Crippen LogP contribution in [0.4, 0.5) is 5.69 Å². The van der Waals surface area contributed by atoms with Crippen LogP contribution in [0.1, 0.15) is 5.56 Å². The van der Waals surface area contributed by atoms with Crippen molar-refractivity contribution in [2.45, 2.75) is 6.54 Å². The van der Waals surface area contributed by atoms with Gasteiger partial charge in [0.2, 0.25) is 12.7 Å². The first-order chi connectivity index (χ1) is 10.7. The Labute approximate surface area is 129 Å². The number of hydrogen-bond acceptors (Lipinski definition) is 4. The minimum absolute atomic E-state index is 0.0292. The molecule has 3 rings (SSSR count). The number of fused-ring (bicyclic) bond motifs is 1. The van der Waals surface area contributed by atoms with Crippen molar-refractivity contribution < 1.29 is 14.3 Å². The Hall–Kier alpha value is -2.69. The summed E-state index contributed by atoms with van der Waals surface area (Å²) in [6, 6.07) is 15.5. The maximum absolute atomic E-state index is 12.2. The lowest BCUT2D eigenvalue weighted by Gasteiger charge is -2.18. The van der Waals surface area contributed by atoms with Crippen LogP contribution < -0.4 is 14.8 Å². The van der Waals surface area contributed by atoms with Gasteiger partial charge in [-0.05, 0) is 17.7 Å². The number of ether oxygens (including phenoxy) is 2. The summed E-state index contributed by atoms with van der Waals surface area (Å²) in [5.41, 5.74) is 1.95. The van der Waals surface area contributed by atoms with E-state index in [1.54, 1.807) is 11.9 Å². The van der Waals surface area contributed by atoms with Crippen LogP contribution in [0.15, 0.2) is 48.5 Å². The molecule has 0 saturated heterocycles. The maximum atomic E-state index is 12.2. The average Bonchev–Trinajstić information content (AvgIpc) is 3.01.